The molecule has 4 heteroatoms. The van der Waals surface area contributed by atoms with Gasteiger partial charge in [-0.05, 0) is 56.9 Å². The molecule has 114 valence electrons. The summed E-state index contributed by atoms with van der Waals surface area (Å²) in [5, 5.41) is 2.92. The van der Waals surface area contributed by atoms with Gasteiger partial charge in [0.15, 0.2) is 12.3 Å². The maximum Gasteiger partial charge on any atom is 0.279 e. The van der Waals surface area contributed by atoms with Crippen LogP contribution >= 0.6 is 0 Å². The number of carbonyl (C=O) groups is 2. The van der Waals surface area contributed by atoms with Crippen molar-refractivity contribution in [3.63, 3.8) is 0 Å². The van der Waals surface area contributed by atoms with E-state index in [2.05, 4.69) is 5.32 Å². The summed E-state index contributed by atoms with van der Waals surface area (Å²) < 4.78 is 0. The third-order valence-corrected chi connectivity index (χ3v) is 4.05. The van der Waals surface area contributed by atoms with Crippen LogP contribution in [0.3, 0.4) is 0 Å². The van der Waals surface area contributed by atoms with Crippen molar-refractivity contribution in [1.29, 1.82) is 0 Å². The van der Waals surface area contributed by atoms with Gasteiger partial charge in [0.25, 0.3) is 5.91 Å². The van der Waals surface area contributed by atoms with E-state index in [1.54, 1.807) is 31.2 Å². The molecule has 21 heavy (non-hydrogen) atoms. The molecule has 4 nitrogen and oxygen atoms in total. The minimum Gasteiger partial charge on any atom is -0.327 e. The molecule has 1 amide bonds. The largest absolute Gasteiger partial charge is 0.327 e. The lowest BCUT2D eigenvalue weighted by Crippen LogP contribution is -3.13. The van der Waals surface area contributed by atoms with Gasteiger partial charge in [-0.1, -0.05) is 6.42 Å². The Bertz CT molecular complexity index is 474. The third-order valence-electron chi connectivity index (χ3n) is 4.05. The zero-order chi connectivity index (χ0) is 15.1. The highest BCUT2D eigenvalue weighted by atomic mass is 16.2. The normalized spacial score (nSPS) is 16.8. The molecule has 0 bridgehead atoms. The summed E-state index contributed by atoms with van der Waals surface area (Å²) in [6, 6.07) is 7.08. The molecule has 0 atom stereocenters. The SMILES string of the molecule is CC(=O)c1ccc(NC(=O)C[NH+]2CCCCCCC2)cc1. The molecule has 1 heterocycles. The third kappa shape index (κ3) is 5.31. The molecule has 2 rings (SSSR count). The second-order valence-electron chi connectivity index (χ2n) is 5.88. The van der Waals surface area contributed by atoms with Crippen molar-refractivity contribution in [3.05, 3.63) is 29.8 Å². The molecule has 1 fully saturated rings. The van der Waals surface area contributed by atoms with Gasteiger partial charge in [-0.25, -0.2) is 0 Å². The van der Waals surface area contributed by atoms with E-state index < -0.39 is 0 Å². The van der Waals surface area contributed by atoms with Crippen molar-refractivity contribution in [2.45, 2.75) is 39.0 Å². The molecule has 1 aromatic carbocycles. The standard InChI is InChI=1S/C17H24N2O2/c1-14(20)15-7-9-16(10-8-15)18-17(21)13-19-11-5-3-2-4-6-12-19/h7-10H,2-6,11-13H2,1H3,(H,18,21)/p+1. The van der Waals surface area contributed by atoms with E-state index in [4.69, 9.17) is 0 Å². The van der Waals surface area contributed by atoms with Crippen molar-refractivity contribution >= 4 is 17.4 Å². The number of quaternary nitrogens is 1. The van der Waals surface area contributed by atoms with E-state index in [1.807, 2.05) is 0 Å². The predicted octanol–water partition coefficient (Wildman–Crippen LogP) is 1.68. The van der Waals surface area contributed by atoms with Crippen molar-refractivity contribution in [3.8, 4) is 0 Å². The highest BCUT2D eigenvalue weighted by Gasteiger charge is 2.15. The van der Waals surface area contributed by atoms with Crippen LogP contribution in [-0.2, 0) is 4.79 Å². The number of anilines is 1. The molecule has 0 unspecified atom stereocenters. The van der Waals surface area contributed by atoms with Crippen LogP contribution in [-0.4, -0.2) is 31.3 Å². The quantitative estimate of drug-likeness (QED) is 0.829. The monoisotopic (exact) mass is 289 g/mol. The van der Waals surface area contributed by atoms with E-state index in [0.717, 1.165) is 18.8 Å². The van der Waals surface area contributed by atoms with Gasteiger partial charge in [-0.15, -0.1) is 0 Å². The lowest BCUT2D eigenvalue weighted by atomic mass is 10.1. The fourth-order valence-electron chi connectivity index (χ4n) is 2.80. The van der Waals surface area contributed by atoms with Crippen LogP contribution in [0.15, 0.2) is 24.3 Å². The lowest BCUT2D eigenvalue weighted by molar-refractivity contribution is -0.892. The summed E-state index contributed by atoms with van der Waals surface area (Å²) in [5.41, 5.74) is 1.43. The van der Waals surface area contributed by atoms with Gasteiger partial charge < -0.3 is 10.2 Å². The van der Waals surface area contributed by atoms with Gasteiger partial charge in [0.05, 0.1) is 13.1 Å². The number of likely N-dealkylation sites (tertiary alicyclic amines) is 1. The molecule has 0 saturated carbocycles. The number of hydrogen-bond donors (Lipinski definition) is 2. The Kier molecular flexibility index (Phi) is 5.93. The van der Waals surface area contributed by atoms with E-state index in [-0.39, 0.29) is 11.7 Å². The van der Waals surface area contributed by atoms with E-state index >= 15 is 0 Å². The summed E-state index contributed by atoms with van der Waals surface area (Å²) >= 11 is 0. The Morgan fingerprint density at radius 3 is 2.14 bits per heavy atom. The van der Waals surface area contributed by atoms with Crippen LogP contribution in [0.5, 0.6) is 0 Å². The second-order valence-corrected chi connectivity index (χ2v) is 5.88. The van der Waals surface area contributed by atoms with Gasteiger partial charge in [0.2, 0.25) is 0 Å². The maximum atomic E-state index is 12.1. The average Bonchev–Trinajstić information content (AvgIpc) is 2.42. The number of ketones is 1. The first-order chi connectivity index (χ1) is 10.1. The second kappa shape index (κ2) is 7.93. The number of amides is 1. The Morgan fingerprint density at radius 2 is 1.57 bits per heavy atom. The molecule has 1 aromatic rings. The fraction of sp³-hybridized carbons (Fsp3) is 0.529. The van der Waals surface area contributed by atoms with E-state index in [1.165, 1.54) is 37.0 Å². The summed E-state index contributed by atoms with van der Waals surface area (Å²) in [7, 11) is 0. The topological polar surface area (TPSA) is 50.6 Å². The Hall–Kier alpha value is -1.68. The fourth-order valence-corrected chi connectivity index (χ4v) is 2.80. The molecule has 2 N–H and O–H groups in total. The van der Waals surface area contributed by atoms with Crippen LogP contribution in [0.4, 0.5) is 5.69 Å². The molecule has 0 radical (unpaired) electrons. The maximum absolute atomic E-state index is 12.1. The van der Waals surface area contributed by atoms with E-state index in [0.29, 0.717) is 12.1 Å². The first-order valence-corrected chi connectivity index (χ1v) is 7.89. The molecule has 1 aliphatic rings. The molecular weight excluding hydrogens is 264 g/mol. The van der Waals surface area contributed by atoms with Crippen molar-refractivity contribution < 1.29 is 14.5 Å². The Morgan fingerprint density at radius 1 is 1.00 bits per heavy atom. The van der Waals surface area contributed by atoms with Crippen LogP contribution in [0.1, 0.15) is 49.4 Å². The van der Waals surface area contributed by atoms with Crippen molar-refractivity contribution in [2.75, 3.05) is 25.0 Å². The number of Topliss-reactive ketones (excluding diaryl/α,β-unsaturated/α-hetero) is 1. The Balaban J connectivity index is 1.84. The van der Waals surface area contributed by atoms with Crippen LogP contribution < -0.4 is 10.2 Å². The number of rotatable bonds is 4. The van der Waals surface area contributed by atoms with Gasteiger partial charge in [-0.3, -0.25) is 9.59 Å². The first kappa shape index (κ1) is 15.7. The zero-order valence-electron chi connectivity index (χ0n) is 12.8. The summed E-state index contributed by atoms with van der Waals surface area (Å²) in [5.74, 6) is 0.0964. The minimum absolute atomic E-state index is 0.0398. The van der Waals surface area contributed by atoms with Crippen molar-refractivity contribution in [1.82, 2.24) is 0 Å². The highest BCUT2D eigenvalue weighted by Crippen LogP contribution is 2.09. The van der Waals surface area contributed by atoms with Crippen LogP contribution in [0.2, 0.25) is 0 Å². The molecule has 0 spiro atoms. The summed E-state index contributed by atoms with van der Waals surface area (Å²) in [6.45, 7) is 4.26. The predicted molar refractivity (Wildman–Crippen MR) is 83.7 cm³/mol. The van der Waals surface area contributed by atoms with Crippen LogP contribution in [0.25, 0.3) is 0 Å². The van der Waals surface area contributed by atoms with Gasteiger partial charge in [0, 0.05) is 11.3 Å². The smallest absolute Gasteiger partial charge is 0.279 e. The van der Waals surface area contributed by atoms with Crippen molar-refractivity contribution in [2.24, 2.45) is 0 Å². The average molecular weight is 289 g/mol. The number of nitrogens with one attached hydrogen (secondary N) is 2. The first-order valence-electron chi connectivity index (χ1n) is 7.89. The van der Waals surface area contributed by atoms with E-state index in [9.17, 15) is 9.59 Å². The van der Waals surface area contributed by atoms with Crippen LogP contribution in [0, 0.1) is 0 Å². The molecule has 1 saturated heterocycles. The molecule has 0 aromatic heterocycles. The Labute approximate surface area is 126 Å². The molecule has 0 aliphatic carbocycles. The zero-order valence-corrected chi connectivity index (χ0v) is 12.8. The van der Waals surface area contributed by atoms with Gasteiger partial charge in [-0.2, -0.15) is 0 Å². The highest BCUT2D eigenvalue weighted by molar-refractivity contribution is 5.95. The number of carbonyl (C=O) groups excluding carboxylic acids is 2. The summed E-state index contributed by atoms with van der Waals surface area (Å²) in [6.07, 6.45) is 6.35. The van der Waals surface area contributed by atoms with Gasteiger partial charge in [0.1, 0.15) is 0 Å². The molecule has 1 aliphatic heterocycles. The minimum atomic E-state index is 0.0398. The number of hydrogen-bond acceptors (Lipinski definition) is 2. The van der Waals surface area contributed by atoms with Gasteiger partial charge >= 0.3 is 0 Å². The molecular formula is C17H25N2O2+. The summed E-state index contributed by atoms with van der Waals surface area (Å²) in [4.78, 5) is 24.7. The lowest BCUT2D eigenvalue weighted by Gasteiger charge is -2.21. The number of benzene rings is 1.